The van der Waals surface area contributed by atoms with E-state index in [2.05, 4.69) is 10.6 Å². The first kappa shape index (κ1) is 21.8. The number of carbonyl (C=O) groups is 3. The van der Waals surface area contributed by atoms with Gasteiger partial charge in [0.25, 0.3) is 5.91 Å². The van der Waals surface area contributed by atoms with Crippen LogP contribution in [-0.4, -0.2) is 42.3 Å². The van der Waals surface area contributed by atoms with E-state index in [1.54, 1.807) is 38.1 Å². The Morgan fingerprint density at radius 2 is 1.75 bits per heavy atom. The summed E-state index contributed by atoms with van der Waals surface area (Å²) in [6.07, 6.45) is 1.37. The Balaban J connectivity index is 2.02. The predicted octanol–water partition coefficient (Wildman–Crippen LogP) is 3.44. The van der Waals surface area contributed by atoms with Crippen LogP contribution in [0.25, 0.3) is 0 Å². The molecule has 0 radical (unpaired) electrons. The summed E-state index contributed by atoms with van der Waals surface area (Å²) in [6.45, 7) is 3.35. The summed E-state index contributed by atoms with van der Waals surface area (Å²) in [5.74, 6) is -1.47. The van der Waals surface area contributed by atoms with Crippen LogP contribution in [0.4, 0.5) is 5.69 Å². The van der Waals surface area contributed by atoms with Crippen molar-refractivity contribution in [1.82, 2.24) is 10.2 Å². The van der Waals surface area contributed by atoms with Crippen molar-refractivity contribution >= 4 is 46.6 Å². The smallest absolute Gasteiger partial charge is 0.287 e. The van der Waals surface area contributed by atoms with Crippen LogP contribution >= 0.6 is 23.2 Å². The number of halogens is 2. The third kappa shape index (κ3) is 5.50. The number of likely N-dealkylation sites (N-methyl/N-ethyl adjacent to an activating group) is 1. The molecule has 1 aromatic carbocycles. The average Bonchev–Trinajstić information content (AvgIpc) is 3.16. The molecule has 0 saturated heterocycles. The third-order valence-corrected chi connectivity index (χ3v) is 4.58. The van der Waals surface area contributed by atoms with Crippen molar-refractivity contribution in [3.8, 4) is 0 Å². The van der Waals surface area contributed by atoms with Crippen molar-refractivity contribution in [3.63, 3.8) is 0 Å². The Bertz CT molecular complexity index is 833. The van der Waals surface area contributed by atoms with Gasteiger partial charge in [-0.25, -0.2) is 0 Å². The second-order valence-electron chi connectivity index (χ2n) is 6.51. The molecule has 2 N–H and O–H groups in total. The number of hydrogen-bond donors (Lipinski definition) is 2. The van der Waals surface area contributed by atoms with Gasteiger partial charge in [-0.2, -0.15) is 0 Å². The fourth-order valence-corrected chi connectivity index (χ4v) is 2.95. The first-order chi connectivity index (χ1) is 13.2. The zero-order valence-corrected chi connectivity index (χ0v) is 17.2. The molecule has 7 nitrogen and oxygen atoms in total. The van der Waals surface area contributed by atoms with Crippen LogP contribution < -0.4 is 10.6 Å². The van der Waals surface area contributed by atoms with E-state index >= 15 is 0 Å². The van der Waals surface area contributed by atoms with Gasteiger partial charge in [0.15, 0.2) is 5.76 Å². The molecule has 28 heavy (non-hydrogen) atoms. The number of para-hydroxylation sites is 1. The number of rotatable bonds is 7. The van der Waals surface area contributed by atoms with Gasteiger partial charge >= 0.3 is 0 Å². The van der Waals surface area contributed by atoms with E-state index in [0.717, 1.165) is 0 Å². The largest absolute Gasteiger partial charge is 0.459 e. The first-order valence-corrected chi connectivity index (χ1v) is 9.29. The van der Waals surface area contributed by atoms with Crippen molar-refractivity contribution in [2.24, 2.45) is 5.92 Å². The molecular formula is C19H21Cl2N3O4. The molecule has 0 aliphatic heterocycles. The second kappa shape index (κ2) is 9.61. The van der Waals surface area contributed by atoms with E-state index in [1.165, 1.54) is 24.3 Å². The lowest BCUT2D eigenvalue weighted by Crippen LogP contribution is -2.51. The number of benzene rings is 1. The minimum atomic E-state index is -0.820. The van der Waals surface area contributed by atoms with Crippen LogP contribution in [0.15, 0.2) is 41.0 Å². The monoisotopic (exact) mass is 425 g/mol. The Morgan fingerprint density at radius 1 is 1.11 bits per heavy atom. The minimum absolute atomic E-state index is 0.104. The van der Waals surface area contributed by atoms with Crippen molar-refractivity contribution in [2.45, 2.75) is 19.9 Å². The van der Waals surface area contributed by atoms with Gasteiger partial charge in [-0.1, -0.05) is 43.1 Å². The van der Waals surface area contributed by atoms with Crippen LogP contribution in [0.3, 0.4) is 0 Å². The number of hydrogen-bond acceptors (Lipinski definition) is 4. The van der Waals surface area contributed by atoms with Crippen molar-refractivity contribution in [3.05, 3.63) is 52.4 Å². The van der Waals surface area contributed by atoms with Gasteiger partial charge in [0.2, 0.25) is 11.8 Å². The molecule has 150 valence electrons. The highest BCUT2D eigenvalue weighted by molar-refractivity contribution is 6.39. The van der Waals surface area contributed by atoms with Gasteiger partial charge in [-0.3, -0.25) is 14.4 Å². The highest BCUT2D eigenvalue weighted by Crippen LogP contribution is 2.29. The molecule has 1 aromatic heterocycles. The molecule has 3 amide bonds. The zero-order valence-electron chi connectivity index (χ0n) is 15.7. The van der Waals surface area contributed by atoms with Gasteiger partial charge in [0.05, 0.1) is 28.5 Å². The van der Waals surface area contributed by atoms with Crippen molar-refractivity contribution < 1.29 is 18.8 Å². The topological polar surface area (TPSA) is 91.7 Å². The lowest BCUT2D eigenvalue weighted by Gasteiger charge is -2.26. The summed E-state index contributed by atoms with van der Waals surface area (Å²) in [4.78, 5) is 38.5. The molecule has 0 fully saturated rings. The number of furan rings is 1. The number of anilines is 1. The minimum Gasteiger partial charge on any atom is -0.459 e. The van der Waals surface area contributed by atoms with Crippen LogP contribution in [0, 0.1) is 5.92 Å². The van der Waals surface area contributed by atoms with Gasteiger partial charge in [-0.05, 0) is 30.2 Å². The van der Waals surface area contributed by atoms with E-state index in [0.29, 0.717) is 10.0 Å². The van der Waals surface area contributed by atoms with Crippen molar-refractivity contribution in [2.75, 3.05) is 18.9 Å². The van der Waals surface area contributed by atoms with Gasteiger partial charge < -0.3 is 20.0 Å². The predicted molar refractivity (Wildman–Crippen MR) is 108 cm³/mol. The third-order valence-electron chi connectivity index (χ3n) is 3.95. The molecule has 0 aliphatic rings. The summed E-state index contributed by atoms with van der Waals surface area (Å²) in [7, 11) is 1.48. The summed E-state index contributed by atoms with van der Waals surface area (Å²) in [5.41, 5.74) is 0.281. The fraction of sp³-hybridized carbons (Fsp3) is 0.316. The van der Waals surface area contributed by atoms with Gasteiger partial charge in [0.1, 0.15) is 6.04 Å². The lowest BCUT2D eigenvalue weighted by atomic mass is 10.0. The van der Waals surface area contributed by atoms with E-state index in [1.807, 2.05) is 0 Å². The number of nitrogens with one attached hydrogen (secondary N) is 2. The molecule has 0 aliphatic carbocycles. The number of amides is 3. The number of nitrogens with zero attached hydrogens (tertiary/aromatic N) is 1. The number of carbonyl (C=O) groups excluding carboxylic acids is 3. The standard InChI is InChI=1S/C19H21Cl2N3O4/c1-11(2)16(23-18(26)14-8-5-9-28-14)19(27)24(3)10-15(25)22-17-12(20)6-4-7-13(17)21/h4-9,11,16H,10H2,1-3H3,(H,22,25)(H,23,26). The van der Waals surface area contributed by atoms with Crippen LogP contribution in [-0.2, 0) is 9.59 Å². The van der Waals surface area contributed by atoms with Crippen LogP contribution in [0.5, 0.6) is 0 Å². The highest BCUT2D eigenvalue weighted by atomic mass is 35.5. The van der Waals surface area contributed by atoms with E-state index in [9.17, 15) is 14.4 Å². The maximum Gasteiger partial charge on any atom is 0.287 e. The van der Waals surface area contributed by atoms with Crippen molar-refractivity contribution in [1.29, 1.82) is 0 Å². The lowest BCUT2D eigenvalue weighted by molar-refractivity contribution is -0.135. The fourth-order valence-electron chi connectivity index (χ4n) is 2.46. The Kier molecular flexibility index (Phi) is 7.48. The van der Waals surface area contributed by atoms with E-state index in [4.69, 9.17) is 27.6 Å². The maximum atomic E-state index is 12.8. The maximum absolute atomic E-state index is 12.8. The first-order valence-electron chi connectivity index (χ1n) is 8.54. The quantitative estimate of drug-likeness (QED) is 0.710. The molecule has 1 heterocycles. The summed E-state index contributed by atoms with van der Waals surface area (Å²) < 4.78 is 5.04. The van der Waals surface area contributed by atoms with Crippen LogP contribution in [0.1, 0.15) is 24.4 Å². The molecule has 1 atom stereocenters. The van der Waals surface area contributed by atoms with Gasteiger partial charge in [-0.15, -0.1) is 0 Å². The molecule has 0 spiro atoms. The second-order valence-corrected chi connectivity index (χ2v) is 7.33. The van der Waals surface area contributed by atoms with E-state index < -0.39 is 23.8 Å². The Morgan fingerprint density at radius 3 is 2.29 bits per heavy atom. The summed E-state index contributed by atoms with van der Waals surface area (Å²) in [6, 6.07) is 7.11. The Labute approximate surface area is 173 Å². The Hall–Kier alpha value is -2.51. The summed E-state index contributed by atoms with van der Waals surface area (Å²) in [5, 5.41) is 5.82. The molecular weight excluding hydrogens is 405 g/mol. The average molecular weight is 426 g/mol. The molecule has 2 rings (SSSR count). The van der Waals surface area contributed by atoms with Gasteiger partial charge in [0, 0.05) is 7.05 Å². The highest BCUT2D eigenvalue weighted by Gasteiger charge is 2.29. The zero-order chi connectivity index (χ0) is 20.8. The molecule has 9 heteroatoms. The summed E-state index contributed by atoms with van der Waals surface area (Å²) >= 11 is 12.1. The SMILES string of the molecule is CC(C)C(NC(=O)c1ccco1)C(=O)N(C)CC(=O)Nc1c(Cl)cccc1Cl. The molecule has 0 bridgehead atoms. The van der Waals surface area contributed by atoms with E-state index in [-0.39, 0.29) is 23.9 Å². The molecule has 0 saturated carbocycles. The normalized spacial score (nSPS) is 11.8. The molecule has 1 unspecified atom stereocenters. The van der Waals surface area contributed by atoms with Crippen LogP contribution in [0.2, 0.25) is 10.0 Å². The molecule has 2 aromatic rings.